The van der Waals surface area contributed by atoms with Crippen LogP contribution in [0.5, 0.6) is 0 Å². The molecule has 0 saturated carbocycles. The molecule has 0 aliphatic carbocycles. The van der Waals surface area contributed by atoms with Gasteiger partial charge in [-0.2, -0.15) is 4.37 Å². The molecule has 104 valence electrons. The van der Waals surface area contributed by atoms with E-state index in [-0.39, 0.29) is 11.5 Å². The van der Waals surface area contributed by atoms with Crippen molar-refractivity contribution in [3.05, 3.63) is 11.3 Å². The lowest BCUT2D eigenvalue weighted by atomic mass is 9.94. The van der Waals surface area contributed by atoms with Crippen molar-refractivity contribution in [2.45, 2.75) is 26.2 Å². The number of carbonyl (C=O) groups is 2. The number of nitrogens with zero attached hydrogens (tertiary/aromatic N) is 1. The SMILES string of the molecule is Cc1nsc(NC(=O)CC2CCNCC2)c1C(=O)O. The van der Waals surface area contributed by atoms with E-state index in [1.807, 2.05) is 0 Å². The van der Waals surface area contributed by atoms with Gasteiger partial charge >= 0.3 is 5.97 Å². The van der Waals surface area contributed by atoms with E-state index >= 15 is 0 Å². The Kier molecular flexibility index (Phi) is 4.49. The van der Waals surface area contributed by atoms with Crippen LogP contribution in [-0.2, 0) is 4.79 Å². The van der Waals surface area contributed by atoms with Gasteiger partial charge in [-0.15, -0.1) is 0 Å². The Balaban J connectivity index is 1.96. The first kappa shape index (κ1) is 14.0. The standard InChI is InChI=1S/C12H17N3O3S/c1-7-10(12(17)18)11(19-15-7)14-9(16)6-8-2-4-13-5-3-8/h8,13H,2-6H2,1H3,(H,14,16)(H,17,18). The predicted octanol–water partition coefficient (Wildman–Crippen LogP) is 1.48. The van der Waals surface area contributed by atoms with Gasteiger partial charge in [-0.3, -0.25) is 4.79 Å². The zero-order valence-electron chi connectivity index (χ0n) is 10.7. The molecule has 3 N–H and O–H groups in total. The summed E-state index contributed by atoms with van der Waals surface area (Å²) in [5.74, 6) is -0.801. The molecule has 1 amide bonds. The summed E-state index contributed by atoms with van der Waals surface area (Å²) >= 11 is 1.02. The van der Waals surface area contributed by atoms with Crippen molar-refractivity contribution in [2.24, 2.45) is 5.92 Å². The number of nitrogens with one attached hydrogen (secondary N) is 2. The summed E-state index contributed by atoms with van der Waals surface area (Å²) in [5, 5.41) is 15.3. The molecule has 1 fully saturated rings. The van der Waals surface area contributed by atoms with Gasteiger partial charge in [0.25, 0.3) is 0 Å². The Morgan fingerprint density at radius 2 is 2.16 bits per heavy atom. The number of anilines is 1. The number of amides is 1. The molecule has 2 heterocycles. The molecule has 1 saturated heterocycles. The molecule has 0 bridgehead atoms. The molecular weight excluding hydrogens is 266 g/mol. The van der Waals surface area contributed by atoms with E-state index in [1.165, 1.54) is 0 Å². The maximum atomic E-state index is 11.9. The van der Waals surface area contributed by atoms with Crippen LogP contribution in [0.3, 0.4) is 0 Å². The molecule has 0 spiro atoms. The highest BCUT2D eigenvalue weighted by Gasteiger charge is 2.21. The molecule has 0 unspecified atom stereocenters. The quantitative estimate of drug-likeness (QED) is 0.778. The van der Waals surface area contributed by atoms with Gasteiger partial charge in [0.1, 0.15) is 10.6 Å². The van der Waals surface area contributed by atoms with E-state index < -0.39 is 5.97 Å². The number of hydrogen-bond donors (Lipinski definition) is 3. The molecular formula is C12H17N3O3S. The molecule has 19 heavy (non-hydrogen) atoms. The number of hydrogen-bond acceptors (Lipinski definition) is 5. The Labute approximate surface area is 115 Å². The van der Waals surface area contributed by atoms with Crippen LogP contribution in [0.1, 0.15) is 35.3 Å². The topological polar surface area (TPSA) is 91.3 Å². The van der Waals surface area contributed by atoms with Crippen molar-refractivity contribution in [1.82, 2.24) is 9.69 Å². The third-order valence-electron chi connectivity index (χ3n) is 3.26. The Morgan fingerprint density at radius 3 is 2.79 bits per heavy atom. The fourth-order valence-electron chi connectivity index (χ4n) is 2.23. The van der Waals surface area contributed by atoms with Crippen LogP contribution in [0, 0.1) is 12.8 Å². The van der Waals surface area contributed by atoms with Crippen molar-refractivity contribution in [3.63, 3.8) is 0 Å². The first-order chi connectivity index (χ1) is 9.08. The highest BCUT2D eigenvalue weighted by molar-refractivity contribution is 7.11. The molecule has 1 aliphatic rings. The molecule has 0 aromatic carbocycles. The van der Waals surface area contributed by atoms with Crippen molar-refractivity contribution in [2.75, 3.05) is 18.4 Å². The molecule has 0 atom stereocenters. The van der Waals surface area contributed by atoms with Crippen LogP contribution in [0.15, 0.2) is 0 Å². The van der Waals surface area contributed by atoms with Gasteiger partial charge in [-0.05, 0) is 50.3 Å². The van der Waals surface area contributed by atoms with Gasteiger partial charge in [0.05, 0.1) is 5.69 Å². The number of carboxylic acid groups (broad SMARTS) is 1. The van der Waals surface area contributed by atoms with Gasteiger partial charge in [0.15, 0.2) is 0 Å². The number of aromatic nitrogens is 1. The summed E-state index contributed by atoms with van der Waals surface area (Å²) in [7, 11) is 0. The van der Waals surface area contributed by atoms with Crippen LogP contribution >= 0.6 is 11.5 Å². The molecule has 0 radical (unpaired) electrons. The number of carbonyl (C=O) groups excluding carboxylic acids is 1. The minimum Gasteiger partial charge on any atom is -0.478 e. The van der Waals surface area contributed by atoms with E-state index in [0.717, 1.165) is 37.5 Å². The largest absolute Gasteiger partial charge is 0.478 e. The van der Waals surface area contributed by atoms with Crippen LogP contribution < -0.4 is 10.6 Å². The highest BCUT2D eigenvalue weighted by atomic mass is 32.1. The van der Waals surface area contributed by atoms with E-state index in [1.54, 1.807) is 6.92 Å². The maximum Gasteiger partial charge on any atom is 0.340 e. The number of aromatic carboxylic acids is 1. The second-order valence-corrected chi connectivity index (χ2v) is 5.50. The van der Waals surface area contributed by atoms with Crippen molar-refractivity contribution in [1.29, 1.82) is 0 Å². The number of carboxylic acids is 1. The second kappa shape index (κ2) is 6.12. The predicted molar refractivity (Wildman–Crippen MR) is 72.7 cm³/mol. The molecule has 2 rings (SSSR count). The average Bonchev–Trinajstić information content (AvgIpc) is 2.71. The zero-order chi connectivity index (χ0) is 13.8. The molecule has 6 nitrogen and oxygen atoms in total. The molecule has 1 aliphatic heterocycles. The van der Waals surface area contributed by atoms with Gasteiger partial charge < -0.3 is 15.7 Å². The first-order valence-electron chi connectivity index (χ1n) is 6.28. The first-order valence-corrected chi connectivity index (χ1v) is 7.05. The normalized spacial score (nSPS) is 16.3. The highest BCUT2D eigenvalue weighted by Crippen LogP contribution is 2.25. The second-order valence-electron chi connectivity index (χ2n) is 4.72. The van der Waals surface area contributed by atoms with Gasteiger partial charge in [-0.25, -0.2) is 4.79 Å². The Morgan fingerprint density at radius 1 is 1.47 bits per heavy atom. The van der Waals surface area contributed by atoms with Crippen LogP contribution in [0.4, 0.5) is 5.00 Å². The van der Waals surface area contributed by atoms with E-state index in [2.05, 4.69) is 15.0 Å². The lowest BCUT2D eigenvalue weighted by Gasteiger charge is -2.21. The van der Waals surface area contributed by atoms with Crippen LogP contribution in [-0.4, -0.2) is 34.4 Å². The van der Waals surface area contributed by atoms with Crippen LogP contribution in [0.25, 0.3) is 0 Å². The number of rotatable bonds is 4. The third kappa shape index (κ3) is 3.51. The lowest BCUT2D eigenvalue weighted by Crippen LogP contribution is -2.30. The summed E-state index contributed by atoms with van der Waals surface area (Å²) in [6.45, 7) is 3.51. The summed E-state index contributed by atoms with van der Waals surface area (Å²) in [6.07, 6.45) is 2.42. The summed E-state index contributed by atoms with van der Waals surface area (Å²) in [6, 6.07) is 0. The van der Waals surface area contributed by atoms with Gasteiger partial charge in [-0.1, -0.05) is 0 Å². The third-order valence-corrected chi connectivity index (χ3v) is 4.12. The zero-order valence-corrected chi connectivity index (χ0v) is 11.5. The smallest absolute Gasteiger partial charge is 0.340 e. The van der Waals surface area contributed by atoms with Crippen molar-refractivity contribution < 1.29 is 14.7 Å². The number of piperidine rings is 1. The lowest BCUT2D eigenvalue weighted by molar-refractivity contribution is -0.117. The maximum absolute atomic E-state index is 11.9. The monoisotopic (exact) mass is 283 g/mol. The fourth-order valence-corrected chi connectivity index (χ4v) is 3.04. The number of aryl methyl sites for hydroxylation is 1. The molecule has 1 aromatic rings. The van der Waals surface area contributed by atoms with Crippen LogP contribution in [0.2, 0.25) is 0 Å². The van der Waals surface area contributed by atoms with E-state index in [4.69, 9.17) is 5.11 Å². The Hall–Kier alpha value is -1.47. The summed E-state index contributed by atoms with van der Waals surface area (Å²) in [4.78, 5) is 23.0. The molecule has 7 heteroatoms. The summed E-state index contributed by atoms with van der Waals surface area (Å²) in [5.41, 5.74) is 0.540. The molecule has 1 aromatic heterocycles. The minimum atomic E-state index is -1.05. The van der Waals surface area contributed by atoms with E-state index in [9.17, 15) is 9.59 Å². The Bertz CT molecular complexity index is 481. The summed E-state index contributed by atoms with van der Waals surface area (Å²) < 4.78 is 3.97. The van der Waals surface area contributed by atoms with Crippen molar-refractivity contribution >= 4 is 28.4 Å². The average molecular weight is 283 g/mol. The van der Waals surface area contributed by atoms with Crippen molar-refractivity contribution in [3.8, 4) is 0 Å². The fraction of sp³-hybridized carbons (Fsp3) is 0.583. The minimum absolute atomic E-state index is 0.101. The van der Waals surface area contributed by atoms with Gasteiger partial charge in [0.2, 0.25) is 5.91 Å². The van der Waals surface area contributed by atoms with E-state index in [0.29, 0.717) is 23.0 Å². The van der Waals surface area contributed by atoms with Gasteiger partial charge in [0, 0.05) is 6.42 Å².